The fourth-order valence-electron chi connectivity index (χ4n) is 2.72. The third kappa shape index (κ3) is 3.37. The summed E-state index contributed by atoms with van der Waals surface area (Å²) >= 11 is 0. The summed E-state index contributed by atoms with van der Waals surface area (Å²) in [5.41, 5.74) is 1.45. The summed E-state index contributed by atoms with van der Waals surface area (Å²) in [6, 6.07) is 0. The van der Waals surface area contributed by atoms with Crippen molar-refractivity contribution in [2.45, 2.75) is 26.3 Å². The second-order valence-electron chi connectivity index (χ2n) is 5.25. The van der Waals surface area contributed by atoms with Gasteiger partial charge in [0.2, 0.25) is 0 Å². The highest BCUT2D eigenvalue weighted by atomic mass is 16.5. The van der Waals surface area contributed by atoms with Gasteiger partial charge in [0.25, 0.3) is 0 Å². The summed E-state index contributed by atoms with van der Waals surface area (Å²) in [7, 11) is 1.85. The van der Waals surface area contributed by atoms with Gasteiger partial charge in [-0.3, -0.25) is 9.58 Å². The molecule has 1 unspecified atom stereocenters. The average molecular weight is 281 g/mol. The monoisotopic (exact) mass is 281 g/mol. The Bertz CT molecular complexity index is 459. The van der Waals surface area contributed by atoms with Gasteiger partial charge in [0.1, 0.15) is 5.56 Å². The summed E-state index contributed by atoms with van der Waals surface area (Å²) in [6.45, 7) is 5.08. The second-order valence-corrected chi connectivity index (χ2v) is 5.25. The van der Waals surface area contributed by atoms with Crippen molar-refractivity contribution < 1.29 is 14.6 Å². The van der Waals surface area contributed by atoms with Crippen LogP contribution in [0, 0.1) is 5.92 Å². The summed E-state index contributed by atoms with van der Waals surface area (Å²) in [4.78, 5) is 14.2. The molecule has 1 aliphatic rings. The molecule has 0 radical (unpaired) electrons. The van der Waals surface area contributed by atoms with Crippen molar-refractivity contribution in [3.63, 3.8) is 0 Å². The Labute approximate surface area is 119 Å². The first-order valence-electron chi connectivity index (χ1n) is 7.16. The smallest absolute Gasteiger partial charge is 0.341 e. The number of hydrogen-bond acceptors (Lipinski definition) is 5. The first-order valence-corrected chi connectivity index (χ1v) is 7.16. The maximum absolute atomic E-state index is 11.9. The summed E-state index contributed by atoms with van der Waals surface area (Å²) in [5, 5.41) is 13.2. The van der Waals surface area contributed by atoms with E-state index in [0.29, 0.717) is 24.6 Å². The van der Waals surface area contributed by atoms with Crippen molar-refractivity contribution >= 4 is 5.97 Å². The molecule has 112 valence electrons. The van der Waals surface area contributed by atoms with Crippen molar-refractivity contribution in [2.24, 2.45) is 13.0 Å². The number of carbonyl (C=O) groups is 1. The van der Waals surface area contributed by atoms with Crippen LogP contribution >= 0.6 is 0 Å². The Morgan fingerprint density at radius 2 is 2.40 bits per heavy atom. The number of nitrogens with zero attached hydrogens (tertiary/aromatic N) is 3. The quantitative estimate of drug-likeness (QED) is 0.781. The molecular formula is C14H23N3O3. The second kappa shape index (κ2) is 6.85. The lowest BCUT2D eigenvalue weighted by Gasteiger charge is -2.17. The van der Waals surface area contributed by atoms with Crippen molar-refractivity contribution in [1.82, 2.24) is 14.7 Å². The van der Waals surface area contributed by atoms with Crippen LogP contribution in [0.15, 0.2) is 6.20 Å². The number of likely N-dealkylation sites (tertiary alicyclic amines) is 1. The number of rotatable bonds is 6. The molecule has 1 aromatic heterocycles. The molecule has 1 saturated heterocycles. The Kier molecular flexibility index (Phi) is 5.14. The van der Waals surface area contributed by atoms with Crippen LogP contribution in [0.4, 0.5) is 0 Å². The third-order valence-electron chi connectivity index (χ3n) is 3.84. The van der Waals surface area contributed by atoms with Crippen LogP contribution in [0.25, 0.3) is 0 Å². The van der Waals surface area contributed by atoms with Gasteiger partial charge in [-0.25, -0.2) is 4.79 Å². The molecular weight excluding hydrogens is 258 g/mol. The van der Waals surface area contributed by atoms with E-state index in [1.807, 2.05) is 7.05 Å². The molecule has 0 aliphatic carbocycles. The number of aryl methyl sites for hydroxylation is 1. The highest BCUT2D eigenvalue weighted by molar-refractivity contribution is 5.90. The first kappa shape index (κ1) is 15.0. The van der Waals surface area contributed by atoms with Crippen LogP contribution in [0.2, 0.25) is 0 Å². The van der Waals surface area contributed by atoms with Gasteiger partial charge in [-0.2, -0.15) is 5.10 Å². The normalized spacial score (nSPS) is 19.4. The van der Waals surface area contributed by atoms with E-state index < -0.39 is 0 Å². The standard InChI is InChI=1S/C14H23N3O3/c1-3-20-14(19)12-8-15-16(2)13(12)10-17-6-4-11(9-17)5-7-18/h8,11,18H,3-7,9-10H2,1-2H3. The molecule has 2 rings (SSSR count). The summed E-state index contributed by atoms with van der Waals surface area (Å²) in [6.07, 6.45) is 3.54. The fourth-order valence-corrected chi connectivity index (χ4v) is 2.72. The lowest BCUT2D eigenvalue weighted by Crippen LogP contribution is -2.23. The van der Waals surface area contributed by atoms with Crippen molar-refractivity contribution in [3.8, 4) is 0 Å². The molecule has 0 bridgehead atoms. The predicted octanol–water partition coefficient (Wildman–Crippen LogP) is 0.801. The van der Waals surface area contributed by atoms with E-state index in [1.54, 1.807) is 17.8 Å². The predicted molar refractivity (Wildman–Crippen MR) is 74.3 cm³/mol. The third-order valence-corrected chi connectivity index (χ3v) is 3.84. The summed E-state index contributed by atoms with van der Waals surface area (Å²) in [5.74, 6) is 0.251. The zero-order valence-corrected chi connectivity index (χ0v) is 12.2. The number of carbonyl (C=O) groups excluding carboxylic acids is 1. The van der Waals surface area contributed by atoms with E-state index in [1.165, 1.54) is 0 Å². The molecule has 6 nitrogen and oxygen atoms in total. The minimum atomic E-state index is -0.304. The van der Waals surface area contributed by atoms with Gasteiger partial charge in [-0.05, 0) is 32.2 Å². The topological polar surface area (TPSA) is 67.6 Å². The molecule has 0 amide bonds. The SMILES string of the molecule is CCOC(=O)c1cnn(C)c1CN1CCC(CCO)C1. The van der Waals surface area contributed by atoms with E-state index in [4.69, 9.17) is 9.84 Å². The average Bonchev–Trinajstić information content (AvgIpc) is 2.99. The lowest BCUT2D eigenvalue weighted by atomic mass is 10.1. The zero-order chi connectivity index (χ0) is 14.5. The van der Waals surface area contributed by atoms with Crippen molar-refractivity contribution in [3.05, 3.63) is 17.5 Å². The van der Waals surface area contributed by atoms with Gasteiger partial charge >= 0.3 is 5.97 Å². The number of aliphatic hydroxyl groups excluding tert-OH is 1. The van der Waals surface area contributed by atoms with Gasteiger partial charge in [0.05, 0.1) is 18.5 Å². The number of hydrogen-bond donors (Lipinski definition) is 1. The highest BCUT2D eigenvalue weighted by Crippen LogP contribution is 2.22. The van der Waals surface area contributed by atoms with Crippen LogP contribution in [-0.4, -0.2) is 52.1 Å². The maximum atomic E-state index is 11.9. The Morgan fingerprint density at radius 1 is 1.60 bits per heavy atom. The van der Waals surface area contributed by atoms with E-state index in [-0.39, 0.29) is 12.6 Å². The maximum Gasteiger partial charge on any atom is 0.341 e. The Balaban J connectivity index is 2.02. The highest BCUT2D eigenvalue weighted by Gasteiger charge is 2.25. The number of aliphatic hydroxyl groups is 1. The molecule has 0 saturated carbocycles. The van der Waals surface area contributed by atoms with Crippen LogP contribution in [0.3, 0.4) is 0 Å². The molecule has 20 heavy (non-hydrogen) atoms. The van der Waals surface area contributed by atoms with E-state index >= 15 is 0 Å². The van der Waals surface area contributed by atoms with Gasteiger partial charge in [0.15, 0.2) is 0 Å². The first-order chi connectivity index (χ1) is 9.65. The van der Waals surface area contributed by atoms with E-state index in [0.717, 1.165) is 31.6 Å². The Hall–Kier alpha value is -1.40. The van der Waals surface area contributed by atoms with Crippen LogP contribution in [0.5, 0.6) is 0 Å². The van der Waals surface area contributed by atoms with Gasteiger partial charge in [-0.1, -0.05) is 0 Å². The molecule has 1 fully saturated rings. The van der Waals surface area contributed by atoms with Crippen LogP contribution in [0.1, 0.15) is 35.8 Å². The number of aromatic nitrogens is 2. The number of ether oxygens (including phenoxy) is 1. The molecule has 2 heterocycles. The molecule has 1 aromatic rings. The van der Waals surface area contributed by atoms with Crippen LogP contribution in [-0.2, 0) is 18.3 Å². The lowest BCUT2D eigenvalue weighted by molar-refractivity contribution is 0.0524. The van der Waals surface area contributed by atoms with Gasteiger partial charge in [-0.15, -0.1) is 0 Å². The molecule has 0 spiro atoms. The van der Waals surface area contributed by atoms with Gasteiger partial charge < -0.3 is 9.84 Å². The van der Waals surface area contributed by atoms with E-state index in [9.17, 15) is 4.79 Å². The van der Waals surface area contributed by atoms with Crippen LogP contribution < -0.4 is 0 Å². The van der Waals surface area contributed by atoms with Gasteiger partial charge in [0, 0.05) is 26.7 Å². The molecule has 0 aromatic carbocycles. The Morgan fingerprint density at radius 3 is 3.10 bits per heavy atom. The molecule has 6 heteroatoms. The molecule has 1 aliphatic heterocycles. The summed E-state index contributed by atoms with van der Waals surface area (Å²) < 4.78 is 6.80. The largest absolute Gasteiger partial charge is 0.462 e. The molecule has 1 N–H and O–H groups in total. The fraction of sp³-hybridized carbons (Fsp3) is 0.714. The zero-order valence-electron chi connectivity index (χ0n) is 12.2. The molecule has 1 atom stereocenters. The van der Waals surface area contributed by atoms with Crippen molar-refractivity contribution in [2.75, 3.05) is 26.3 Å². The van der Waals surface area contributed by atoms with E-state index in [2.05, 4.69) is 10.00 Å². The van der Waals surface area contributed by atoms with Crippen molar-refractivity contribution in [1.29, 1.82) is 0 Å². The minimum absolute atomic E-state index is 0.248. The minimum Gasteiger partial charge on any atom is -0.462 e. The number of esters is 1.